The smallest absolute Gasteiger partial charge is 0.277 e. The second-order valence-corrected chi connectivity index (χ2v) is 5.16. The highest BCUT2D eigenvalue weighted by Crippen LogP contribution is 2.16. The number of carbonyl (C=O) groups is 1. The SMILES string of the molecule is Cc1ccc(OCC(=O)N/N=C\c2ccsc2)cc1C. The molecule has 20 heavy (non-hydrogen) atoms. The molecule has 4 nitrogen and oxygen atoms in total. The number of benzene rings is 1. The molecular formula is C15H16N2O2S. The molecule has 1 amide bonds. The highest BCUT2D eigenvalue weighted by Gasteiger charge is 2.02. The van der Waals surface area contributed by atoms with Crippen LogP contribution >= 0.6 is 11.3 Å². The van der Waals surface area contributed by atoms with Gasteiger partial charge in [-0.25, -0.2) is 5.43 Å². The Morgan fingerprint density at radius 3 is 2.90 bits per heavy atom. The third kappa shape index (κ3) is 4.20. The van der Waals surface area contributed by atoms with Gasteiger partial charge in [0.1, 0.15) is 5.75 Å². The maximum atomic E-state index is 11.5. The zero-order valence-corrected chi connectivity index (χ0v) is 12.2. The molecule has 1 aromatic carbocycles. The van der Waals surface area contributed by atoms with Crippen molar-refractivity contribution in [2.45, 2.75) is 13.8 Å². The lowest BCUT2D eigenvalue weighted by Crippen LogP contribution is -2.24. The maximum Gasteiger partial charge on any atom is 0.277 e. The van der Waals surface area contributed by atoms with Crippen LogP contribution in [-0.2, 0) is 4.79 Å². The van der Waals surface area contributed by atoms with E-state index in [1.807, 2.05) is 48.9 Å². The van der Waals surface area contributed by atoms with Gasteiger partial charge in [0.05, 0.1) is 6.21 Å². The van der Waals surface area contributed by atoms with Gasteiger partial charge >= 0.3 is 0 Å². The number of hydrazone groups is 1. The van der Waals surface area contributed by atoms with Crippen molar-refractivity contribution < 1.29 is 9.53 Å². The summed E-state index contributed by atoms with van der Waals surface area (Å²) in [5, 5.41) is 7.76. The molecule has 1 aromatic heterocycles. The van der Waals surface area contributed by atoms with Gasteiger partial charge in [0.2, 0.25) is 0 Å². The summed E-state index contributed by atoms with van der Waals surface area (Å²) in [7, 11) is 0. The average molecular weight is 288 g/mol. The fourth-order valence-electron chi connectivity index (χ4n) is 1.51. The van der Waals surface area contributed by atoms with Crippen molar-refractivity contribution in [3.8, 4) is 5.75 Å². The molecule has 1 N–H and O–H groups in total. The first kappa shape index (κ1) is 14.3. The zero-order chi connectivity index (χ0) is 14.4. The largest absolute Gasteiger partial charge is 0.484 e. The van der Waals surface area contributed by atoms with Crippen LogP contribution < -0.4 is 10.2 Å². The van der Waals surface area contributed by atoms with Gasteiger partial charge < -0.3 is 4.74 Å². The minimum absolute atomic E-state index is 0.0521. The molecule has 0 spiro atoms. The molecule has 104 valence electrons. The van der Waals surface area contributed by atoms with Crippen molar-refractivity contribution in [3.05, 3.63) is 51.7 Å². The van der Waals surface area contributed by atoms with Crippen LogP contribution in [0.3, 0.4) is 0 Å². The van der Waals surface area contributed by atoms with Crippen LogP contribution in [0.4, 0.5) is 0 Å². The summed E-state index contributed by atoms with van der Waals surface area (Å²) < 4.78 is 5.41. The van der Waals surface area contributed by atoms with Crippen LogP contribution in [0.2, 0.25) is 0 Å². The number of nitrogens with one attached hydrogen (secondary N) is 1. The first-order valence-corrected chi connectivity index (χ1v) is 7.13. The van der Waals surface area contributed by atoms with Crippen LogP contribution in [0, 0.1) is 13.8 Å². The average Bonchev–Trinajstić information content (AvgIpc) is 2.93. The molecule has 0 aliphatic carbocycles. The second-order valence-electron chi connectivity index (χ2n) is 4.38. The van der Waals surface area contributed by atoms with Crippen molar-refractivity contribution in [2.75, 3.05) is 6.61 Å². The summed E-state index contributed by atoms with van der Waals surface area (Å²) in [5.74, 6) is 0.403. The lowest BCUT2D eigenvalue weighted by atomic mass is 10.1. The fraction of sp³-hybridized carbons (Fsp3) is 0.200. The van der Waals surface area contributed by atoms with Crippen molar-refractivity contribution in [2.24, 2.45) is 5.10 Å². The van der Waals surface area contributed by atoms with E-state index in [0.717, 1.165) is 11.1 Å². The molecule has 0 radical (unpaired) electrons. The molecule has 5 heteroatoms. The van der Waals surface area contributed by atoms with Gasteiger partial charge in [-0.05, 0) is 53.9 Å². The molecule has 0 aliphatic heterocycles. The molecule has 0 bridgehead atoms. The van der Waals surface area contributed by atoms with Crippen LogP contribution in [0.25, 0.3) is 0 Å². The van der Waals surface area contributed by atoms with Crippen LogP contribution in [0.5, 0.6) is 5.75 Å². The predicted molar refractivity (Wildman–Crippen MR) is 81.5 cm³/mol. The standard InChI is InChI=1S/C15H16N2O2S/c1-11-3-4-14(7-12(11)2)19-9-15(18)17-16-8-13-5-6-20-10-13/h3-8,10H,9H2,1-2H3,(H,17,18)/b16-8-. The molecular weight excluding hydrogens is 272 g/mol. The Morgan fingerprint density at radius 2 is 2.20 bits per heavy atom. The number of nitrogens with zero attached hydrogens (tertiary/aromatic N) is 1. The van der Waals surface area contributed by atoms with Gasteiger partial charge in [-0.15, -0.1) is 0 Å². The minimum atomic E-state index is -0.283. The first-order valence-electron chi connectivity index (χ1n) is 6.19. The molecule has 0 saturated carbocycles. The number of hydrogen-bond acceptors (Lipinski definition) is 4. The molecule has 0 unspecified atom stereocenters. The fourth-order valence-corrected chi connectivity index (χ4v) is 2.12. The highest BCUT2D eigenvalue weighted by atomic mass is 32.1. The van der Waals surface area contributed by atoms with E-state index >= 15 is 0 Å². The Hall–Kier alpha value is -2.14. The van der Waals surface area contributed by atoms with E-state index in [-0.39, 0.29) is 12.5 Å². The summed E-state index contributed by atoms with van der Waals surface area (Å²) in [6, 6.07) is 7.66. The number of amides is 1. The third-order valence-corrected chi connectivity index (χ3v) is 3.50. The van der Waals surface area contributed by atoms with E-state index in [1.54, 1.807) is 17.6 Å². The molecule has 2 aromatic rings. The first-order chi connectivity index (χ1) is 9.65. The van der Waals surface area contributed by atoms with E-state index in [4.69, 9.17) is 4.74 Å². The lowest BCUT2D eigenvalue weighted by molar-refractivity contribution is -0.123. The van der Waals surface area contributed by atoms with E-state index in [2.05, 4.69) is 10.5 Å². The lowest BCUT2D eigenvalue weighted by Gasteiger charge is -2.07. The van der Waals surface area contributed by atoms with Crippen molar-refractivity contribution in [1.29, 1.82) is 0 Å². The summed E-state index contributed by atoms with van der Waals surface area (Å²) in [6.45, 7) is 3.99. The van der Waals surface area contributed by atoms with Gasteiger partial charge in [-0.2, -0.15) is 16.4 Å². The number of carbonyl (C=O) groups excluding carboxylic acids is 1. The van der Waals surface area contributed by atoms with E-state index in [1.165, 1.54) is 5.56 Å². The van der Waals surface area contributed by atoms with Gasteiger partial charge in [-0.3, -0.25) is 4.79 Å². The molecule has 0 fully saturated rings. The number of ether oxygens (including phenoxy) is 1. The molecule has 0 atom stereocenters. The van der Waals surface area contributed by atoms with Gasteiger partial charge in [-0.1, -0.05) is 6.07 Å². The monoisotopic (exact) mass is 288 g/mol. The second kappa shape index (κ2) is 6.86. The van der Waals surface area contributed by atoms with E-state index < -0.39 is 0 Å². The summed E-state index contributed by atoms with van der Waals surface area (Å²) in [4.78, 5) is 11.5. The summed E-state index contributed by atoms with van der Waals surface area (Å²) in [6.07, 6.45) is 1.60. The summed E-state index contributed by atoms with van der Waals surface area (Å²) in [5.41, 5.74) is 5.72. The number of thiophene rings is 1. The molecule has 0 saturated heterocycles. The predicted octanol–water partition coefficient (Wildman–Crippen LogP) is 2.89. The molecule has 2 rings (SSSR count). The topological polar surface area (TPSA) is 50.7 Å². The van der Waals surface area contributed by atoms with E-state index in [0.29, 0.717) is 5.75 Å². The van der Waals surface area contributed by atoms with E-state index in [9.17, 15) is 4.79 Å². The number of aryl methyl sites for hydroxylation is 2. The normalized spacial score (nSPS) is 10.7. The van der Waals surface area contributed by atoms with Gasteiger partial charge in [0.15, 0.2) is 6.61 Å². The van der Waals surface area contributed by atoms with Crippen LogP contribution in [0.15, 0.2) is 40.1 Å². The summed E-state index contributed by atoms with van der Waals surface area (Å²) >= 11 is 1.58. The molecule has 1 heterocycles. The van der Waals surface area contributed by atoms with Crippen LogP contribution in [-0.4, -0.2) is 18.7 Å². The maximum absolute atomic E-state index is 11.5. The Kier molecular flexibility index (Phi) is 4.90. The van der Waals surface area contributed by atoms with Crippen molar-refractivity contribution in [3.63, 3.8) is 0 Å². The Bertz CT molecular complexity index is 606. The Morgan fingerprint density at radius 1 is 1.35 bits per heavy atom. The molecule has 0 aliphatic rings. The van der Waals surface area contributed by atoms with Crippen molar-refractivity contribution >= 4 is 23.5 Å². The number of hydrogen-bond donors (Lipinski definition) is 1. The van der Waals surface area contributed by atoms with Crippen LogP contribution in [0.1, 0.15) is 16.7 Å². The zero-order valence-electron chi connectivity index (χ0n) is 11.4. The Balaban J connectivity index is 1.78. The van der Waals surface area contributed by atoms with Gasteiger partial charge in [0.25, 0.3) is 5.91 Å². The number of rotatable bonds is 5. The minimum Gasteiger partial charge on any atom is -0.484 e. The van der Waals surface area contributed by atoms with Gasteiger partial charge in [0, 0.05) is 5.56 Å². The highest BCUT2D eigenvalue weighted by molar-refractivity contribution is 7.08. The quantitative estimate of drug-likeness (QED) is 0.679. The van der Waals surface area contributed by atoms with Crippen molar-refractivity contribution in [1.82, 2.24) is 5.43 Å². The third-order valence-electron chi connectivity index (χ3n) is 2.79. The Labute approximate surface area is 122 Å².